The number of pyridine rings is 1. The van der Waals surface area contributed by atoms with Crippen LogP contribution < -0.4 is 5.32 Å². The molecule has 0 saturated carbocycles. The highest BCUT2D eigenvalue weighted by Crippen LogP contribution is 2.22. The van der Waals surface area contributed by atoms with Gasteiger partial charge in [0.2, 0.25) is 0 Å². The zero-order valence-corrected chi connectivity index (χ0v) is 12.2. The molecular weight excluding hydrogens is 274 g/mol. The first-order chi connectivity index (χ1) is 9.58. The highest BCUT2D eigenvalue weighted by Gasteiger charge is 2.16. The SMILES string of the molecule is CN(C)C(CNC(=O)c1cncc(O)c1)c1cccs1. The molecule has 0 bridgehead atoms. The van der Waals surface area contributed by atoms with Crippen LogP contribution >= 0.6 is 11.3 Å². The third-order valence-electron chi connectivity index (χ3n) is 2.94. The number of amides is 1. The second kappa shape index (κ2) is 6.49. The Morgan fingerprint density at radius 1 is 1.50 bits per heavy atom. The number of carbonyl (C=O) groups is 1. The van der Waals surface area contributed by atoms with Crippen LogP contribution in [0, 0.1) is 0 Å². The van der Waals surface area contributed by atoms with Crippen molar-refractivity contribution in [2.24, 2.45) is 0 Å². The van der Waals surface area contributed by atoms with Crippen LogP contribution in [0.25, 0.3) is 0 Å². The van der Waals surface area contributed by atoms with Gasteiger partial charge >= 0.3 is 0 Å². The number of nitrogens with zero attached hydrogens (tertiary/aromatic N) is 2. The number of likely N-dealkylation sites (N-methyl/N-ethyl adjacent to an activating group) is 1. The van der Waals surface area contributed by atoms with Crippen molar-refractivity contribution in [3.05, 3.63) is 46.4 Å². The highest BCUT2D eigenvalue weighted by molar-refractivity contribution is 7.10. The van der Waals surface area contributed by atoms with Crippen molar-refractivity contribution in [1.82, 2.24) is 15.2 Å². The largest absolute Gasteiger partial charge is 0.506 e. The van der Waals surface area contributed by atoms with Crippen molar-refractivity contribution < 1.29 is 9.90 Å². The van der Waals surface area contributed by atoms with Gasteiger partial charge in [-0.3, -0.25) is 9.78 Å². The van der Waals surface area contributed by atoms with E-state index in [-0.39, 0.29) is 17.7 Å². The number of carbonyl (C=O) groups excluding carboxylic acids is 1. The van der Waals surface area contributed by atoms with Crippen LogP contribution in [0.3, 0.4) is 0 Å². The van der Waals surface area contributed by atoms with Gasteiger partial charge in [-0.2, -0.15) is 0 Å². The number of hydrogen-bond donors (Lipinski definition) is 2. The zero-order chi connectivity index (χ0) is 14.5. The Bertz CT molecular complexity index is 570. The molecule has 0 aliphatic carbocycles. The summed E-state index contributed by atoms with van der Waals surface area (Å²) in [4.78, 5) is 19.1. The van der Waals surface area contributed by atoms with Gasteiger partial charge in [0.1, 0.15) is 5.75 Å². The highest BCUT2D eigenvalue weighted by atomic mass is 32.1. The molecule has 106 valence electrons. The van der Waals surface area contributed by atoms with E-state index in [9.17, 15) is 9.90 Å². The van der Waals surface area contributed by atoms with Crippen molar-refractivity contribution >= 4 is 17.2 Å². The fraction of sp³-hybridized carbons (Fsp3) is 0.286. The maximum Gasteiger partial charge on any atom is 0.253 e. The van der Waals surface area contributed by atoms with Crippen LogP contribution in [-0.4, -0.2) is 41.5 Å². The summed E-state index contributed by atoms with van der Waals surface area (Å²) in [7, 11) is 3.96. The molecular formula is C14H17N3O2S. The maximum atomic E-state index is 12.0. The normalized spacial score (nSPS) is 12.3. The Balaban J connectivity index is 2.01. The predicted octanol–water partition coefficient (Wildman–Crippen LogP) is 1.88. The number of hydrogen-bond acceptors (Lipinski definition) is 5. The Hall–Kier alpha value is -1.92. The number of aromatic nitrogens is 1. The molecule has 5 nitrogen and oxygen atoms in total. The minimum Gasteiger partial charge on any atom is -0.506 e. The molecule has 0 spiro atoms. The number of aromatic hydroxyl groups is 1. The van der Waals surface area contributed by atoms with Gasteiger partial charge in [-0.1, -0.05) is 6.07 Å². The number of thiophene rings is 1. The molecule has 2 N–H and O–H groups in total. The molecule has 0 fully saturated rings. The molecule has 0 aliphatic rings. The molecule has 2 aromatic heterocycles. The number of nitrogens with one attached hydrogen (secondary N) is 1. The standard InChI is InChI=1S/C14H17N3O2S/c1-17(2)12(13-4-3-5-20-13)9-16-14(19)10-6-11(18)8-15-7-10/h3-8,12,18H,9H2,1-2H3,(H,16,19). The average Bonchev–Trinajstić information content (AvgIpc) is 2.92. The van der Waals surface area contributed by atoms with E-state index in [0.29, 0.717) is 12.1 Å². The topological polar surface area (TPSA) is 65.5 Å². The second-order valence-electron chi connectivity index (χ2n) is 4.64. The zero-order valence-electron chi connectivity index (χ0n) is 11.4. The molecule has 0 aliphatic heterocycles. The van der Waals surface area contributed by atoms with Gasteiger partial charge in [-0.15, -0.1) is 11.3 Å². The van der Waals surface area contributed by atoms with E-state index < -0.39 is 0 Å². The molecule has 2 heterocycles. The lowest BCUT2D eigenvalue weighted by Crippen LogP contribution is -2.34. The van der Waals surface area contributed by atoms with Crippen LogP contribution in [0.5, 0.6) is 5.75 Å². The molecule has 0 aromatic carbocycles. The summed E-state index contributed by atoms with van der Waals surface area (Å²) in [5.74, 6) is -0.253. The van der Waals surface area contributed by atoms with Crippen molar-refractivity contribution in [3.8, 4) is 5.75 Å². The Labute approximate surface area is 121 Å². The van der Waals surface area contributed by atoms with Gasteiger partial charge in [0, 0.05) is 17.6 Å². The van der Waals surface area contributed by atoms with E-state index in [0.717, 1.165) is 0 Å². The fourth-order valence-corrected chi connectivity index (χ4v) is 2.78. The number of rotatable bonds is 5. The van der Waals surface area contributed by atoms with Gasteiger partial charge in [-0.25, -0.2) is 0 Å². The maximum absolute atomic E-state index is 12.0. The fourth-order valence-electron chi connectivity index (χ4n) is 1.86. The summed E-state index contributed by atoms with van der Waals surface area (Å²) in [6.07, 6.45) is 2.73. The van der Waals surface area contributed by atoms with Crippen LogP contribution in [0.2, 0.25) is 0 Å². The molecule has 0 saturated heterocycles. The van der Waals surface area contributed by atoms with Gasteiger partial charge < -0.3 is 15.3 Å². The summed E-state index contributed by atoms with van der Waals surface area (Å²) in [6, 6.07) is 5.58. The molecule has 1 unspecified atom stereocenters. The smallest absolute Gasteiger partial charge is 0.253 e. The third-order valence-corrected chi connectivity index (χ3v) is 3.91. The molecule has 2 rings (SSSR count). The van der Waals surface area contributed by atoms with Gasteiger partial charge in [-0.05, 0) is 31.6 Å². The van der Waals surface area contributed by atoms with Crippen LogP contribution in [0.1, 0.15) is 21.3 Å². The van der Waals surface area contributed by atoms with Crippen molar-refractivity contribution in [2.45, 2.75) is 6.04 Å². The Morgan fingerprint density at radius 3 is 2.90 bits per heavy atom. The minimum absolute atomic E-state index is 0.0138. The first-order valence-electron chi connectivity index (χ1n) is 6.20. The predicted molar refractivity (Wildman–Crippen MR) is 79.0 cm³/mol. The molecule has 1 amide bonds. The first-order valence-corrected chi connectivity index (χ1v) is 7.08. The molecule has 2 aromatic rings. The van der Waals surface area contributed by atoms with Gasteiger partial charge in [0.25, 0.3) is 5.91 Å². The summed E-state index contributed by atoms with van der Waals surface area (Å²) < 4.78 is 0. The average molecular weight is 291 g/mol. The third kappa shape index (κ3) is 3.55. The Kier molecular flexibility index (Phi) is 4.70. The van der Waals surface area contributed by atoms with E-state index in [1.807, 2.05) is 25.5 Å². The molecule has 0 radical (unpaired) electrons. The van der Waals surface area contributed by atoms with E-state index in [1.165, 1.54) is 23.3 Å². The van der Waals surface area contributed by atoms with Crippen molar-refractivity contribution in [2.75, 3.05) is 20.6 Å². The van der Waals surface area contributed by atoms with Crippen LogP contribution in [-0.2, 0) is 0 Å². The lowest BCUT2D eigenvalue weighted by molar-refractivity contribution is 0.0941. The molecule has 1 atom stereocenters. The Morgan fingerprint density at radius 2 is 2.30 bits per heavy atom. The molecule has 6 heteroatoms. The lowest BCUT2D eigenvalue weighted by atomic mass is 10.2. The summed E-state index contributed by atoms with van der Waals surface area (Å²) in [6.45, 7) is 0.502. The summed E-state index contributed by atoms with van der Waals surface area (Å²) in [5.41, 5.74) is 0.355. The van der Waals surface area contributed by atoms with Crippen molar-refractivity contribution in [3.63, 3.8) is 0 Å². The van der Waals surface area contributed by atoms with Gasteiger partial charge in [0.05, 0.1) is 17.8 Å². The lowest BCUT2D eigenvalue weighted by Gasteiger charge is -2.23. The van der Waals surface area contributed by atoms with E-state index >= 15 is 0 Å². The monoisotopic (exact) mass is 291 g/mol. The van der Waals surface area contributed by atoms with E-state index in [4.69, 9.17) is 0 Å². The second-order valence-corrected chi connectivity index (χ2v) is 5.62. The molecule has 20 heavy (non-hydrogen) atoms. The van der Waals surface area contributed by atoms with Crippen LogP contribution in [0.4, 0.5) is 0 Å². The van der Waals surface area contributed by atoms with Crippen molar-refractivity contribution in [1.29, 1.82) is 0 Å². The summed E-state index contributed by atoms with van der Waals surface area (Å²) >= 11 is 1.66. The van der Waals surface area contributed by atoms with Gasteiger partial charge in [0.15, 0.2) is 0 Å². The summed E-state index contributed by atoms with van der Waals surface area (Å²) in [5, 5.41) is 14.2. The minimum atomic E-state index is -0.239. The van der Waals surface area contributed by atoms with E-state index in [2.05, 4.69) is 21.3 Å². The first kappa shape index (κ1) is 14.5. The van der Waals surface area contributed by atoms with Crippen LogP contribution in [0.15, 0.2) is 36.0 Å². The van der Waals surface area contributed by atoms with E-state index in [1.54, 1.807) is 11.3 Å². The quantitative estimate of drug-likeness (QED) is 0.883.